The second-order valence-corrected chi connectivity index (χ2v) is 6.37. The molecule has 1 heterocycles. The molecule has 20 heavy (non-hydrogen) atoms. The number of nitrogens with zero attached hydrogens (tertiary/aromatic N) is 1. The Morgan fingerprint density at radius 2 is 1.90 bits per heavy atom. The minimum absolute atomic E-state index is 0.413. The van der Waals surface area contributed by atoms with Gasteiger partial charge in [-0.1, -0.05) is 45.4 Å². The van der Waals surface area contributed by atoms with Gasteiger partial charge in [-0.25, -0.2) is 0 Å². The largest absolute Gasteiger partial charge is 0.310 e. The van der Waals surface area contributed by atoms with Gasteiger partial charge in [0, 0.05) is 28.7 Å². The second kappa shape index (κ2) is 6.11. The summed E-state index contributed by atoms with van der Waals surface area (Å²) in [6.07, 6.45) is 0. The summed E-state index contributed by atoms with van der Waals surface area (Å²) in [5, 5.41) is 5.48. The average Bonchev–Trinajstić information content (AvgIpc) is 2.40. The number of aromatic nitrogens is 1. The van der Waals surface area contributed by atoms with Crippen molar-refractivity contribution in [1.29, 1.82) is 0 Å². The predicted octanol–water partition coefficient (Wildman–Crippen LogP) is 4.82. The minimum atomic E-state index is 0.413. The van der Waals surface area contributed by atoms with Gasteiger partial charge in [0.15, 0.2) is 0 Å². The molecule has 0 fully saturated rings. The zero-order valence-corrected chi connectivity index (χ0v) is 13.7. The van der Waals surface area contributed by atoms with Crippen LogP contribution in [0.5, 0.6) is 0 Å². The first-order valence-corrected chi connectivity index (χ1v) is 7.60. The summed E-state index contributed by atoms with van der Waals surface area (Å²) in [6, 6.07) is 6.73. The van der Waals surface area contributed by atoms with Crippen LogP contribution in [0.25, 0.3) is 10.9 Å². The van der Waals surface area contributed by atoms with Gasteiger partial charge in [-0.15, -0.1) is 0 Å². The molecule has 0 aliphatic carbocycles. The molecule has 2 rings (SSSR count). The molecule has 0 spiro atoms. The van der Waals surface area contributed by atoms with Crippen LogP contribution >= 0.6 is 11.6 Å². The number of halogens is 1. The van der Waals surface area contributed by atoms with Crippen LogP contribution in [0.15, 0.2) is 18.2 Å². The van der Waals surface area contributed by atoms with E-state index in [1.807, 2.05) is 13.0 Å². The van der Waals surface area contributed by atoms with Crippen molar-refractivity contribution in [2.24, 2.45) is 0 Å². The van der Waals surface area contributed by atoms with Crippen LogP contribution in [0.4, 0.5) is 0 Å². The Labute approximate surface area is 126 Å². The van der Waals surface area contributed by atoms with Gasteiger partial charge in [0.1, 0.15) is 0 Å². The van der Waals surface area contributed by atoms with Crippen molar-refractivity contribution < 1.29 is 0 Å². The number of benzene rings is 1. The molecule has 0 saturated carbocycles. The van der Waals surface area contributed by atoms with Gasteiger partial charge in [0.2, 0.25) is 0 Å². The van der Waals surface area contributed by atoms with Gasteiger partial charge in [-0.2, -0.15) is 0 Å². The molecule has 0 radical (unpaired) electrons. The molecule has 0 aliphatic heterocycles. The van der Waals surface area contributed by atoms with E-state index in [9.17, 15) is 0 Å². The monoisotopic (exact) mass is 290 g/mol. The van der Waals surface area contributed by atoms with Crippen LogP contribution in [0, 0.1) is 6.92 Å². The summed E-state index contributed by atoms with van der Waals surface area (Å²) in [6.45, 7) is 11.6. The fourth-order valence-corrected chi connectivity index (χ4v) is 2.40. The second-order valence-electron chi connectivity index (χ2n) is 5.97. The standard InChI is InChI=1S/C17H23ClN2/c1-10(2)16-8-13(9-19-11(3)4)14-6-7-15(18)12(5)17(14)20-16/h6-8,10-11,19H,9H2,1-5H3. The van der Waals surface area contributed by atoms with Gasteiger partial charge in [-0.05, 0) is 36.1 Å². The van der Waals surface area contributed by atoms with Crippen molar-refractivity contribution in [3.63, 3.8) is 0 Å². The number of fused-ring (bicyclic) bond motifs is 1. The third-order valence-electron chi connectivity index (χ3n) is 3.57. The first-order chi connectivity index (χ1) is 9.40. The Morgan fingerprint density at radius 3 is 2.50 bits per heavy atom. The van der Waals surface area contributed by atoms with Crippen molar-refractivity contribution in [3.05, 3.63) is 40.0 Å². The molecule has 1 aromatic heterocycles. The summed E-state index contributed by atoms with van der Waals surface area (Å²) in [7, 11) is 0. The van der Waals surface area contributed by atoms with E-state index in [0.717, 1.165) is 28.3 Å². The highest BCUT2D eigenvalue weighted by Crippen LogP contribution is 2.28. The number of aryl methyl sites for hydroxylation is 1. The molecule has 1 N–H and O–H groups in total. The van der Waals surface area contributed by atoms with Gasteiger partial charge >= 0.3 is 0 Å². The van der Waals surface area contributed by atoms with Crippen molar-refractivity contribution in [2.75, 3.05) is 0 Å². The van der Waals surface area contributed by atoms with E-state index in [1.54, 1.807) is 0 Å². The third kappa shape index (κ3) is 3.13. The molecule has 2 nitrogen and oxygen atoms in total. The Kier molecular flexibility index (Phi) is 4.66. The number of rotatable bonds is 4. The smallest absolute Gasteiger partial charge is 0.0752 e. The molecule has 0 amide bonds. The predicted molar refractivity (Wildman–Crippen MR) is 87.6 cm³/mol. The van der Waals surface area contributed by atoms with Crippen LogP contribution in [0.2, 0.25) is 5.02 Å². The zero-order valence-electron chi connectivity index (χ0n) is 12.9. The lowest BCUT2D eigenvalue weighted by molar-refractivity contribution is 0.590. The van der Waals surface area contributed by atoms with E-state index in [1.165, 1.54) is 10.9 Å². The van der Waals surface area contributed by atoms with E-state index < -0.39 is 0 Å². The lowest BCUT2D eigenvalue weighted by atomic mass is 10.0. The zero-order chi connectivity index (χ0) is 14.9. The summed E-state index contributed by atoms with van der Waals surface area (Å²) >= 11 is 6.24. The molecule has 0 aliphatic rings. The lowest BCUT2D eigenvalue weighted by Crippen LogP contribution is -2.22. The normalized spacial score (nSPS) is 11.8. The highest BCUT2D eigenvalue weighted by atomic mass is 35.5. The number of hydrogen-bond donors (Lipinski definition) is 1. The van der Waals surface area contributed by atoms with Crippen molar-refractivity contribution in [3.8, 4) is 0 Å². The van der Waals surface area contributed by atoms with E-state index in [0.29, 0.717) is 12.0 Å². The highest BCUT2D eigenvalue weighted by Gasteiger charge is 2.12. The molecule has 0 atom stereocenters. The molecule has 0 bridgehead atoms. The van der Waals surface area contributed by atoms with Crippen LogP contribution in [-0.2, 0) is 6.54 Å². The minimum Gasteiger partial charge on any atom is -0.310 e. The van der Waals surface area contributed by atoms with Crippen LogP contribution in [0.3, 0.4) is 0 Å². The van der Waals surface area contributed by atoms with Gasteiger partial charge in [0.05, 0.1) is 5.52 Å². The molecule has 3 heteroatoms. The summed E-state index contributed by atoms with van der Waals surface area (Å²) < 4.78 is 0. The third-order valence-corrected chi connectivity index (χ3v) is 3.98. The average molecular weight is 291 g/mol. The fraction of sp³-hybridized carbons (Fsp3) is 0.471. The van der Waals surface area contributed by atoms with E-state index >= 15 is 0 Å². The van der Waals surface area contributed by atoms with Gasteiger partial charge < -0.3 is 5.32 Å². The van der Waals surface area contributed by atoms with Crippen LogP contribution in [0.1, 0.15) is 50.4 Å². The summed E-state index contributed by atoms with van der Waals surface area (Å²) in [5.41, 5.74) is 4.53. The Bertz CT molecular complexity index is 618. The number of nitrogens with one attached hydrogen (secondary N) is 1. The maximum absolute atomic E-state index is 6.24. The van der Waals surface area contributed by atoms with E-state index in [4.69, 9.17) is 16.6 Å². The topological polar surface area (TPSA) is 24.9 Å². The maximum Gasteiger partial charge on any atom is 0.0752 e. The Hall–Kier alpha value is -1.12. The number of hydrogen-bond acceptors (Lipinski definition) is 2. The van der Waals surface area contributed by atoms with Crippen LogP contribution < -0.4 is 5.32 Å². The van der Waals surface area contributed by atoms with Crippen LogP contribution in [-0.4, -0.2) is 11.0 Å². The molecule has 1 aromatic carbocycles. The van der Waals surface area contributed by atoms with Crippen molar-refractivity contribution >= 4 is 22.5 Å². The summed E-state index contributed by atoms with van der Waals surface area (Å²) in [4.78, 5) is 4.81. The fourth-order valence-electron chi connectivity index (χ4n) is 2.25. The van der Waals surface area contributed by atoms with Crippen molar-refractivity contribution in [1.82, 2.24) is 10.3 Å². The molecule has 0 unspecified atom stereocenters. The highest BCUT2D eigenvalue weighted by molar-refractivity contribution is 6.32. The van der Waals surface area contributed by atoms with Gasteiger partial charge in [0.25, 0.3) is 0 Å². The van der Waals surface area contributed by atoms with E-state index in [2.05, 4.69) is 45.1 Å². The Balaban J connectivity index is 2.61. The molecular formula is C17H23ClN2. The van der Waals surface area contributed by atoms with Crippen molar-refractivity contribution in [2.45, 2.75) is 53.1 Å². The van der Waals surface area contributed by atoms with Gasteiger partial charge in [-0.3, -0.25) is 4.98 Å². The molecule has 108 valence electrons. The molecular weight excluding hydrogens is 268 g/mol. The SMILES string of the molecule is Cc1c(Cl)ccc2c(CNC(C)C)cc(C(C)C)nc12. The molecule has 0 saturated heterocycles. The molecule has 2 aromatic rings. The van der Waals surface area contributed by atoms with E-state index in [-0.39, 0.29) is 0 Å². The first-order valence-electron chi connectivity index (χ1n) is 7.22. The quantitative estimate of drug-likeness (QED) is 0.873. The number of pyridine rings is 1. The Morgan fingerprint density at radius 1 is 1.20 bits per heavy atom. The lowest BCUT2D eigenvalue weighted by Gasteiger charge is -2.15. The first kappa shape index (κ1) is 15.3. The summed E-state index contributed by atoms with van der Waals surface area (Å²) in [5.74, 6) is 0.413. The maximum atomic E-state index is 6.24.